The van der Waals surface area contributed by atoms with Gasteiger partial charge in [0.25, 0.3) is 0 Å². The van der Waals surface area contributed by atoms with E-state index in [4.69, 9.17) is 19.9 Å². The fraction of sp³-hybridized carbons (Fsp3) is 0.316. The highest BCUT2D eigenvalue weighted by atomic mass is 16.5. The molecule has 5 heteroatoms. The van der Waals surface area contributed by atoms with Crippen molar-refractivity contribution in [2.45, 2.75) is 26.9 Å². The van der Waals surface area contributed by atoms with Crippen molar-refractivity contribution in [2.24, 2.45) is 0 Å². The van der Waals surface area contributed by atoms with Crippen LogP contribution in [0, 0.1) is 6.92 Å². The third-order valence-electron chi connectivity index (χ3n) is 3.19. The van der Waals surface area contributed by atoms with Crippen LogP contribution >= 0.6 is 0 Å². The van der Waals surface area contributed by atoms with E-state index in [1.165, 1.54) is 0 Å². The summed E-state index contributed by atoms with van der Waals surface area (Å²) in [4.78, 5) is 11.9. The molecule has 0 bridgehead atoms. The van der Waals surface area contributed by atoms with E-state index in [9.17, 15) is 4.79 Å². The van der Waals surface area contributed by atoms with E-state index < -0.39 is 5.97 Å². The molecule has 0 fully saturated rings. The van der Waals surface area contributed by atoms with Crippen molar-refractivity contribution in [3.05, 3.63) is 53.6 Å². The molecular formula is C19H23NO4. The van der Waals surface area contributed by atoms with Crippen LogP contribution in [-0.2, 0) is 4.74 Å². The predicted molar refractivity (Wildman–Crippen MR) is 93.6 cm³/mol. The summed E-state index contributed by atoms with van der Waals surface area (Å²) >= 11 is 0. The number of carbonyl (C=O) groups is 1. The van der Waals surface area contributed by atoms with Gasteiger partial charge in [0, 0.05) is 0 Å². The minimum atomic E-state index is -0.397. The molecule has 128 valence electrons. The van der Waals surface area contributed by atoms with Crippen LogP contribution in [0.3, 0.4) is 0 Å². The van der Waals surface area contributed by atoms with Crippen molar-refractivity contribution >= 4 is 11.7 Å². The lowest BCUT2D eigenvalue weighted by molar-refractivity contribution is 0.0377. The van der Waals surface area contributed by atoms with Gasteiger partial charge in [-0.1, -0.05) is 12.1 Å². The average Bonchev–Trinajstić information content (AvgIpc) is 2.52. The Labute approximate surface area is 142 Å². The molecule has 0 amide bonds. The summed E-state index contributed by atoms with van der Waals surface area (Å²) in [6.07, 6.45) is -0.179. The molecule has 0 aliphatic carbocycles. The maximum absolute atomic E-state index is 11.9. The third kappa shape index (κ3) is 5.19. The van der Waals surface area contributed by atoms with E-state index in [0.29, 0.717) is 30.2 Å². The summed E-state index contributed by atoms with van der Waals surface area (Å²) in [5.74, 6) is 0.841. The van der Waals surface area contributed by atoms with Crippen LogP contribution in [0.4, 0.5) is 5.69 Å². The molecule has 0 aliphatic heterocycles. The fourth-order valence-electron chi connectivity index (χ4n) is 2.08. The lowest BCUT2D eigenvalue weighted by Crippen LogP contribution is -2.13. The first-order chi connectivity index (χ1) is 11.5. The summed E-state index contributed by atoms with van der Waals surface area (Å²) in [7, 11) is 0. The number of rotatable bonds is 7. The zero-order valence-corrected chi connectivity index (χ0v) is 14.2. The second kappa shape index (κ2) is 8.24. The van der Waals surface area contributed by atoms with Crippen molar-refractivity contribution in [2.75, 3.05) is 18.9 Å². The first-order valence-corrected chi connectivity index (χ1v) is 7.88. The van der Waals surface area contributed by atoms with E-state index >= 15 is 0 Å². The zero-order valence-electron chi connectivity index (χ0n) is 14.2. The Morgan fingerprint density at radius 1 is 1.08 bits per heavy atom. The maximum atomic E-state index is 11.9. The predicted octanol–water partition coefficient (Wildman–Crippen LogP) is 3.60. The smallest absolute Gasteiger partial charge is 0.338 e. The number of hydrogen-bond donors (Lipinski definition) is 1. The Balaban J connectivity index is 1.91. The van der Waals surface area contributed by atoms with E-state index in [0.717, 1.165) is 11.3 Å². The molecule has 2 aromatic rings. The number of anilines is 1. The van der Waals surface area contributed by atoms with Crippen LogP contribution < -0.4 is 15.2 Å². The highest BCUT2D eigenvalue weighted by molar-refractivity contribution is 5.90. The molecule has 0 spiro atoms. The van der Waals surface area contributed by atoms with Crippen LogP contribution in [0.2, 0.25) is 0 Å². The van der Waals surface area contributed by atoms with Crippen LogP contribution in [0.1, 0.15) is 29.8 Å². The molecule has 0 atom stereocenters. The Morgan fingerprint density at radius 2 is 1.83 bits per heavy atom. The van der Waals surface area contributed by atoms with Crippen LogP contribution in [0.25, 0.3) is 0 Å². The molecule has 24 heavy (non-hydrogen) atoms. The van der Waals surface area contributed by atoms with E-state index in [1.807, 2.05) is 31.2 Å². The Morgan fingerprint density at radius 3 is 2.54 bits per heavy atom. The zero-order chi connectivity index (χ0) is 17.5. The molecule has 2 rings (SSSR count). The lowest BCUT2D eigenvalue weighted by atomic mass is 10.2. The summed E-state index contributed by atoms with van der Waals surface area (Å²) in [6.45, 7) is 6.31. The number of esters is 1. The third-order valence-corrected chi connectivity index (χ3v) is 3.19. The topological polar surface area (TPSA) is 70.8 Å². The largest absolute Gasteiger partial charge is 0.490 e. The van der Waals surface area contributed by atoms with Gasteiger partial charge in [-0.05, 0) is 56.7 Å². The monoisotopic (exact) mass is 329 g/mol. The number of carbonyl (C=O) groups excluding carboxylic acids is 1. The van der Waals surface area contributed by atoms with E-state index in [-0.39, 0.29) is 6.10 Å². The number of nitrogens with two attached hydrogens (primary N) is 1. The number of benzene rings is 2. The van der Waals surface area contributed by atoms with Gasteiger partial charge in [-0.15, -0.1) is 0 Å². The van der Waals surface area contributed by atoms with Crippen LogP contribution in [0.5, 0.6) is 11.5 Å². The summed E-state index contributed by atoms with van der Waals surface area (Å²) < 4.78 is 16.4. The van der Waals surface area contributed by atoms with Crippen molar-refractivity contribution in [3.63, 3.8) is 0 Å². The fourth-order valence-corrected chi connectivity index (χ4v) is 2.08. The minimum absolute atomic E-state index is 0.179. The van der Waals surface area contributed by atoms with Gasteiger partial charge >= 0.3 is 5.97 Å². The van der Waals surface area contributed by atoms with Crippen molar-refractivity contribution in [1.29, 1.82) is 0 Å². The molecule has 0 unspecified atom stereocenters. The summed E-state index contributed by atoms with van der Waals surface area (Å²) in [6, 6.07) is 12.6. The van der Waals surface area contributed by atoms with Crippen LogP contribution in [-0.4, -0.2) is 25.3 Å². The second-order valence-corrected chi connectivity index (χ2v) is 5.72. The van der Waals surface area contributed by atoms with Gasteiger partial charge in [0.1, 0.15) is 24.7 Å². The standard InChI is InChI=1S/C19H23NO4/c1-13(2)24-19(21)15-7-8-17(20)18(12-15)23-10-9-22-16-6-4-5-14(3)11-16/h4-8,11-13H,9-10,20H2,1-3H3. The number of hydrogen-bond acceptors (Lipinski definition) is 5. The maximum Gasteiger partial charge on any atom is 0.338 e. The lowest BCUT2D eigenvalue weighted by Gasteiger charge is -2.12. The molecule has 5 nitrogen and oxygen atoms in total. The molecule has 0 saturated heterocycles. The normalized spacial score (nSPS) is 10.5. The van der Waals surface area contributed by atoms with Gasteiger partial charge in [0.05, 0.1) is 17.4 Å². The Bertz CT molecular complexity index is 698. The van der Waals surface area contributed by atoms with Gasteiger partial charge in [-0.3, -0.25) is 0 Å². The van der Waals surface area contributed by atoms with Gasteiger partial charge < -0.3 is 19.9 Å². The van der Waals surface area contributed by atoms with Crippen LogP contribution in [0.15, 0.2) is 42.5 Å². The van der Waals surface area contributed by atoms with E-state index in [2.05, 4.69) is 0 Å². The number of nitrogen functional groups attached to an aromatic ring is 1. The molecule has 0 heterocycles. The summed E-state index contributed by atoms with van der Waals surface area (Å²) in [5, 5.41) is 0. The van der Waals surface area contributed by atoms with Gasteiger partial charge in [-0.25, -0.2) is 4.79 Å². The quantitative estimate of drug-likeness (QED) is 0.477. The Hall–Kier alpha value is -2.69. The molecule has 2 N–H and O–H groups in total. The SMILES string of the molecule is Cc1cccc(OCCOc2cc(C(=O)OC(C)C)ccc2N)c1. The first-order valence-electron chi connectivity index (χ1n) is 7.88. The second-order valence-electron chi connectivity index (χ2n) is 5.72. The molecule has 0 radical (unpaired) electrons. The average molecular weight is 329 g/mol. The highest BCUT2D eigenvalue weighted by Crippen LogP contribution is 2.23. The van der Waals surface area contributed by atoms with Crippen molar-refractivity contribution in [3.8, 4) is 11.5 Å². The summed E-state index contributed by atoms with van der Waals surface area (Å²) in [5.41, 5.74) is 7.89. The number of ether oxygens (including phenoxy) is 3. The van der Waals surface area contributed by atoms with Gasteiger partial charge in [0.15, 0.2) is 0 Å². The Kier molecular flexibility index (Phi) is 6.07. The highest BCUT2D eigenvalue weighted by Gasteiger charge is 2.12. The molecule has 2 aromatic carbocycles. The number of aryl methyl sites for hydroxylation is 1. The molecule has 0 saturated carbocycles. The molecule has 0 aromatic heterocycles. The van der Waals surface area contributed by atoms with E-state index in [1.54, 1.807) is 32.0 Å². The first kappa shape index (κ1) is 17.7. The van der Waals surface area contributed by atoms with Gasteiger partial charge in [-0.2, -0.15) is 0 Å². The van der Waals surface area contributed by atoms with Crippen molar-refractivity contribution < 1.29 is 19.0 Å². The molecular weight excluding hydrogens is 306 g/mol. The minimum Gasteiger partial charge on any atom is -0.490 e. The molecule has 0 aliphatic rings. The van der Waals surface area contributed by atoms with Gasteiger partial charge in [0.2, 0.25) is 0 Å². The van der Waals surface area contributed by atoms with Crippen molar-refractivity contribution in [1.82, 2.24) is 0 Å².